The Morgan fingerprint density at radius 1 is 0.933 bits per heavy atom. The first-order valence-corrected chi connectivity index (χ1v) is 10.6. The highest BCUT2D eigenvalue weighted by atomic mass is 16.5. The van der Waals surface area contributed by atoms with Gasteiger partial charge in [0.15, 0.2) is 6.10 Å². The van der Waals surface area contributed by atoms with Crippen LogP contribution in [0.25, 0.3) is 16.8 Å². The first-order chi connectivity index (χ1) is 14.7. The molecule has 1 saturated heterocycles. The van der Waals surface area contributed by atoms with E-state index in [1.54, 1.807) is 0 Å². The quantitative estimate of drug-likeness (QED) is 0.612. The van der Waals surface area contributed by atoms with E-state index in [1.165, 1.54) is 5.56 Å². The maximum atomic E-state index is 12.9. The summed E-state index contributed by atoms with van der Waals surface area (Å²) < 4.78 is 6.07. The molecule has 1 amide bonds. The van der Waals surface area contributed by atoms with Gasteiger partial charge >= 0.3 is 0 Å². The fraction of sp³-hybridized carbons (Fsp3) is 0.269. The van der Waals surface area contributed by atoms with Gasteiger partial charge in [-0.3, -0.25) is 9.69 Å². The molecule has 3 aromatic rings. The lowest BCUT2D eigenvalue weighted by atomic mass is 10.1. The maximum Gasteiger partial charge on any atom is 0.263 e. The van der Waals surface area contributed by atoms with Gasteiger partial charge in [0, 0.05) is 38.1 Å². The molecule has 1 heterocycles. The summed E-state index contributed by atoms with van der Waals surface area (Å²) in [6, 6.07) is 24.4. The molecule has 1 aliphatic heterocycles. The molecule has 0 aromatic heterocycles. The van der Waals surface area contributed by atoms with Crippen LogP contribution in [0.4, 0.5) is 0 Å². The van der Waals surface area contributed by atoms with Crippen LogP contribution in [0.2, 0.25) is 0 Å². The van der Waals surface area contributed by atoms with E-state index < -0.39 is 6.10 Å². The number of hydrogen-bond acceptors (Lipinski definition) is 3. The summed E-state index contributed by atoms with van der Waals surface area (Å²) in [6.45, 7) is 5.98. The van der Waals surface area contributed by atoms with E-state index in [0.717, 1.165) is 49.2 Å². The van der Waals surface area contributed by atoms with Crippen LogP contribution in [0.15, 0.2) is 78.9 Å². The van der Waals surface area contributed by atoms with Crippen LogP contribution >= 0.6 is 0 Å². The summed E-state index contributed by atoms with van der Waals surface area (Å²) in [6.07, 6.45) is 3.84. The van der Waals surface area contributed by atoms with E-state index in [4.69, 9.17) is 4.74 Å². The smallest absolute Gasteiger partial charge is 0.263 e. The number of amides is 1. The van der Waals surface area contributed by atoms with Crippen LogP contribution in [0.1, 0.15) is 12.5 Å². The lowest BCUT2D eigenvalue weighted by Crippen LogP contribution is -2.51. The van der Waals surface area contributed by atoms with Gasteiger partial charge in [-0.25, -0.2) is 0 Å². The summed E-state index contributed by atoms with van der Waals surface area (Å²) in [7, 11) is 0. The molecule has 0 N–H and O–H groups in total. The molecule has 154 valence electrons. The van der Waals surface area contributed by atoms with Crippen LogP contribution in [0, 0.1) is 0 Å². The highest BCUT2D eigenvalue weighted by Gasteiger charge is 2.26. The topological polar surface area (TPSA) is 32.8 Å². The zero-order valence-electron chi connectivity index (χ0n) is 17.4. The van der Waals surface area contributed by atoms with Crippen LogP contribution in [0.3, 0.4) is 0 Å². The number of carbonyl (C=O) groups excluding carboxylic acids is 1. The second-order valence-corrected chi connectivity index (χ2v) is 7.68. The molecule has 30 heavy (non-hydrogen) atoms. The van der Waals surface area contributed by atoms with Gasteiger partial charge in [0.1, 0.15) is 5.75 Å². The number of carbonyl (C=O) groups is 1. The van der Waals surface area contributed by atoms with Crippen molar-refractivity contribution in [3.05, 3.63) is 84.4 Å². The van der Waals surface area contributed by atoms with Crippen LogP contribution in [0.5, 0.6) is 5.75 Å². The van der Waals surface area contributed by atoms with Crippen molar-refractivity contribution in [3.63, 3.8) is 0 Å². The van der Waals surface area contributed by atoms with Crippen LogP contribution in [-0.4, -0.2) is 54.5 Å². The van der Waals surface area contributed by atoms with Gasteiger partial charge in [-0.05, 0) is 23.9 Å². The summed E-state index contributed by atoms with van der Waals surface area (Å²) >= 11 is 0. The van der Waals surface area contributed by atoms with Gasteiger partial charge in [0.25, 0.3) is 5.91 Å². The molecule has 1 atom stereocenters. The Morgan fingerprint density at radius 3 is 2.43 bits per heavy atom. The van der Waals surface area contributed by atoms with Gasteiger partial charge in [-0.2, -0.15) is 0 Å². The molecule has 0 aliphatic carbocycles. The van der Waals surface area contributed by atoms with Gasteiger partial charge in [-0.15, -0.1) is 0 Å². The van der Waals surface area contributed by atoms with E-state index in [-0.39, 0.29) is 5.91 Å². The minimum Gasteiger partial charge on any atom is -0.480 e. The van der Waals surface area contributed by atoms with E-state index >= 15 is 0 Å². The highest BCUT2D eigenvalue weighted by Crippen LogP contribution is 2.26. The van der Waals surface area contributed by atoms with Gasteiger partial charge in [-0.1, -0.05) is 78.9 Å². The second-order valence-electron chi connectivity index (χ2n) is 7.68. The van der Waals surface area contributed by atoms with Crippen molar-refractivity contribution in [1.82, 2.24) is 9.80 Å². The van der Waals surface area contributed by atoms with Crippen molar-refractivity contribution in [3.8, 4) is 5.75 Å². The van der Waals surface area contributed by atoms with Crippen molar-refractivity contribution in [1.29, 1.82) is 0 Å². The van der Waals surface area contributed by atoms with Crippen molar-refractivity contribution in [2.45, 2.75) is 13.0 Å². The minimum absolute atomic E-state index is 0.0578. The third-order valence-corrected chi connectivity index (χ3v) is 5.56. The third-order valence-electron chi connectivity index (χ3n) is 5.56. The van der Waals surface area contributed by atoms with Gasteiger partial charge in [0.05, 0.1) is 0 Å². The first kappa shape index (κ1) is 20.2. The predicted octanol–water partition coefficient (Wildman–Crippen LogP) is 4.46. The molecular formula is C26H28N2O2. The molecule has 0 radical (unpaired) electrons. The normalized spacial score (nSPS) is 16.1. The van der Waals surface area contributed by atoms with E-state index in [9.17, 15) is 4.79 Å². The molecule has 3 aromatic carbocycles. The zero-order valence-corrected chi connectivity index (χ0v) is 17.4. The fourth-order valence-corrected chi connectivity index (χ4v) is 3.85. The Bertz CT molecular complexity index is 1000. The number of rotatable bonds is 6. The monoisotopic (exact) mass is 400 g/mol. The molecule has 1 unspecified atom stereocenters. The van der Waals surface area contributed by atoms with Crippen molar-refractivity contribution >= 4 is 22.8 Å². The standard InChI is InChI=1S/C26H28N2O2/c1-21(30-25-15-7-13-23-12-5-6-14-24(23)25)26(29)28-19-17-27(18-20-28)16-8-11-22-9-3-2-4-10-22/h2-15,21H,16-20H2,1H3/b11-8+. The fourth-order valence-electron chi connectivity index (χ4n) is 3.85. The summed E-state index contributed by atoms with van der Waals surface area (Å²) in [4.78, 5) is 17.2. The molecule has 0 saturated carbocycles. The molecule has 4 rings (SSSR count). The zero-order chi connectivity index (χ0) is 20.8. The Balaban J connectivity index is 1.29. The third kappa shape index (κ3) is 4.89. The highest BCUT2D eigenvalue weighted by molar-refractivity contribution is 5.89. The molecule has 0 bridgehead atoms. The maximum absolute atomic E-state index is 12.9. The van der Waals surface area contributed by atoms with E-state index in [2.05, 4.69) is 41.3 Å². The lowest BCUT2D eigenvalue weighted by Gasteiger charge is -2.35. The molecular weight excluding hydrogens is 372 g/mol. The minimum atomic E-state index is -0.500. The number of hydrogen-bond donors (Lipinski definition) is 0. The van der Waals surface area contributed by atoms with Crippen LogP contribution < -0.4 is 4.74 Å². The van der Waals surface area contributed by atoms with Crippen LogP contribution in [-0.2, 0) is 4.79 Å². The van der Waals surface area contributed by atoms with Crippen molar-refractivity contribution in [2.24, 2.45) is 0 Å². The largest absolute Gasteiger partial charge is 0.480 e. The lowest BCUT2D eigenvalue weighted by molar-refractivity contribution is -0.139. The number of fused-ring (bicyclic) bond motifs is 1. The molecule has 1 aliphatic rings. The molecule has 4 nitrogen and oxygen atoms in total. The SMILES string of the molecule is CC(Oc1cccc2ccccc12)C(=O)N1CCN(C/C=C/c2ccccc2)CC1. The number of piperazine rings is 1. The summed E-state index contributed by atoms with van der Waals surface area (Å²) in [5, 5.41) is 2.15. The Morgan fingerprint density at radius 2 is 1.63 bits per heavy atom. The first-order valence-electron chi connectivity index (χ1n) is 10.6. The van der Waals surface area contributed by atoms with Gasteiger partial charge < -0.3 is 9.64 Å². The van der Waals surface area contributed by atoms with Gasteiger partial charge in [0.2, 0.25) is 0 Å². The van der Waals surface area contributed by atoms with E-state index in [0.29, 0.717) is 0 Å². The van der Waals surface area contributed by atoms with Crippen molar-refractivity contribution in [2.75, 3.05) is 32.7 Å². The molecule has 1 fully saturated rings. The Hall–Kier alpha value is -3.11. The Kier molecular flexibility index (Phi) is 6.45. The van der Waals surface area contributed by atoms with E-state index in [1.807, 2.05) is 60.4 Å². The Labute approximate surface area is 178 Å². The number of ether oxygens (including phenoxy) is 1. The second kappa shape index (κ2) is 9.59. The average Bonchev–Trinajstić information content (AvgIpc) is 2.80. The molecule has 0 spiro atoms. The number of benzene rings is 3. The van der Waals surface area contributed by atoms with Crippen molar-refractivity contribution < 1.29 is 9.53 Å². The summed E-state index contributed by atoms with van der Waals surface area (Å²) in [5.74, 6) is 0.820. The molecule has 4 heteroatoms. The number of nitrogens with zero attached hydrogens (tertiary/aromatic N) is 2. The average molecular weight is 401 g/mol. The predicted molar refractivity (Wildman–Crippen MR) is 123 cm³/mol. The summed E-state index contributed by atoms with van der Waals surface area (Å²) in [5.41, 5.74) is 1.21.